The van der Waals surface area contributed by atoms with Gasteiger partial charge in [-0.3, -0.25) is 14.3 Å². The monoisotopic (exact) mass is 489 g/mol. The number of fused-ring (bicyclic) bond motifs is 2. The van der Waals surface area contributed by atoms with Crippen molar-refractivity contribution < 1.29 is 0 Å². The van der Waals surface area contributed by atoms with E-state index in [1.807, 2.05) is 37.3 Å². The Balaban J connectivity index is 1.46. The minimum absolute atomic E-state index is 0.0425. The maximum Gasteiger partial charge on any atom is 0.275 e. The summed E-state index contributed by atoms with van der Waals surface area (Å²) in [5.74, 6) is 0.453. The second-order valence-electron chi connectivity index (χ2n) is 8.75. The van der Waals surface area contributed by atoms with E-state index in [1.165, 1.54) is 54.6 Å². The molecule has 4 aromatic rings. The Morgan fingerprint density at radius 1 is 1.09 bits per heavy atom. The van der Waals surface area contributed by atoms with Crippen LogP contribution in [0.2, 0.25) is 0 Å². The first-order valence-electron chi connectivity index (χ1n) is 11.8. The summed E-state index contributed by atoms with van der Waals surface area (Å²) in [6.07, 6.45) is 11.5. The number of nitrogens with zero attached hydrogens (tertiary/aromatic N) is 3. The number of halogens is 1. The van der Waals surface area contributed by atoms with E-state index >= 15 is 0 Å². The zero-order chi connectivity index (χ0) is 23.5. The van der Waals surface area contributed by atoms with E-state index < -0.39 is 0 Å². The molecule has 0 bridgehead atoms. The molecule has 0 saturated carbocycles. The van der Waals surface area contributed by atoms with E-state index in [0.29, 0.717) is 10.6 Å². The van der Waals surface area contributed by atoms with Crippen molar-refractivity contribution in [3.8, 4) is 5.69 Å². The molecule has 2 aromatic heterocycles. The van der Waals surface area contributed by atoms with Gasteiger partial charge in [-0.2, -0.15) is 0 Å². The second-order valence-corrected chi connectivity index (χ2v) is 10.1. The van der Waals surface area contributed by atoms with E-state index in [4.69, 9.17) is 11.6 Å². The first-order valence-corrected chi connectivity index (χ1v) is 13.2. The third-order valence-corrected chi connectivity index (χ3v) is 7.78. The number of thiophene rings is 1. The van der Waals surface area contributed by atoms with E-state index in [-0.39, 0.29) is 5.56 Å². The lowest BCUT2D eigenvalue weighted by atomic mass is 10.0. The van der Waals surface area contributed by atoms with Gasteiger partial charge in [0, 0.05) is 17.3 Å². The van der Waals surface area contributed by atoms with Crippen LogP contribution < -0.4 is 5.56 Å². The van der Waals surface area contributed by atoms with Gasteiger partial charge in [0.25, 0.3) is 5.56 Å². The van der Waals surface area contributed by atoms with Gasteiger partial charge in [-0.15, -0.1) is 22.9 Å². The summed E-state index contributed by atoms with van der Waals surface area (Å²) in [5.41, 5.74) is 3.90. The van der Waals surface area contributed by atoms with Crippen LogP contribution in [0.4, 0.5) is 0 Å². The molecule has 0 N–H and O–H groups in total. The molecule has 0 aliphatic carbocycles. The highest BCUT2D eigenvalue weighted by Crippen LogP contribution is 2.29. The van der Waals surface area contributed by atoms with Crippen molar-refractivity contribution in [2.24, 2.45) is 0 Å². The topological polar surface area (TPSA) is 38.1 Å². The van der Waals surface area contributed by atoms with Gasteiger partial charge in [-0.05, 0) is 79.0 Å². The standard InChI is InChI=1S/C28H28ClN3OS/c1-2-21(7-6-12-29)26-17-25-27(34-26)28(33)32(19-30-25)24-11-10-22-15-20(8-9-23(22)16-24)18-31-13-4-3-5-14-31/h2,6-11,15-17,19H,3-5,12-14,18H2,1H3/b7-6-,21-2+. The van der Waals surface area contributed by atoms with Crippen molar-refractivity contribution >= 4 is 49.5 Å². The van der Waals surface area contributed by atoms with Crippen molar-refractivity contribution in [3.05, 3.63) is 87.8 Å². The van der Waals surface area contributed by atoms with Gasteiger partial charge < -0.3 is 0 Å². The molecular formula is C28H28ClN3OS. The highest BCUT2D eigenvalue weighted by atomic mass is 35.5. The Labute approximate surface area is 208 Å². The molecule has 3 heterocycles. The summed E-state index contributed by atoms with van der Waals surface area (Å²) in [4.78, 5) is 21.5. The number of aromatic nitrogens is 2. The lowest BCUT2D eigenvalue weighted by Crippen LogP contribution is -2.29. The SMILES string of the molecule is C/C=C(\C=C/CCl)c1cc2ncn(-c3ccc4cc(CN5CCCCC5)ccc4c3)c(=O)c2s1. The van der Waals surface area contributed by atoms with Gasteiger partial charge in [0.15, 0.2) is 0 Å². The number of hydrogen-bond donors (Lipinski definition) is 0. The molecule has 0 radical (unpaired) electrons. The predicted molar refractivity (Wildman–Crippen MR) is 145 cm³/mol. The summed E-state index contributed by atoms with van der Waals surface area (Å²) in [6, 6.07) is 14.8. The first kappa shape index (κ1) is 23.0. The normalized spacial score (nSPS) is 15.6. The first-order chi connectivity index (χ1) is 16.7. The Bertz CT molecular complexity index is 1440. The fraction of sp³-hybridized carbons (Fsp3) is 0.286. The maximum atomic E-state index is 13.3. The van der Waals surface area contributed by atoms with Crippen LogP contribution in [0, 0.1) is 0 Å². The number of alkyl halides is 1. The van der Waals surface area contributed by atoms with Crippen LogP contribution >= 0.6 is 22.9 Å². The molecule has 6 heteroatoms. The zero-order valence-electron chi connectivity index (χ0n) is 19.3. The van der Waals surface area contributed by atoms with Crippen molar-refractivity contribution in [3.63, 3.8) is 0 Å². The van der Waals surface area contributed by atoms with Crippen molar-refractivity contribution in [2.75, 3.05) is 19.0 Å². The molecule has 1 aliphatic heterocycles. The molecule has 0 amide bonds. The van der Waals surface area contributed by atoms with Crippen LogP contribution in [0.25, 0.3) is 32.2 Å². The van der Waals surface area contributed by atoms with Crippen molar-refractivity contribution in [1.82, 2.24) is 14.5 Å². The van der Waals surface area contributed by atoms with Gasteiger partial charge in [-0.25, -0.2) is 4.98 Å². The average molecular weight is 490 g/mol. The summed E-state index contributed by atoms with van der Waals surface area (Å²) in [7, 11) is 0. The average Bonchev–Trinajstić information content (AvgIpc) is 3.30. The van der Waals surface area contributed by atoms with E-state index in [1.54, 1.807) is 10.9 Å². The Morgan fingerprint density at radius 3 is 2.68 bits per heavy atom. The lowest BCUT2D eigenvalue weighted by Gasteiger charge is -2.26. The maximum absolute atomic E-state index is 13.3. The lowest BCUT2D eigenvalue weighted by molar-refractivity contribution is 0.221. The van der Waals surface area contributed by atoms with Gasteiger partial charge >= 0.3 is 0 Å². The quantitative estimate of drug-likeness (QED) is 0.221. The van der Waals surface area contributed by atoms with Crippen LogP contribution in [0.5, 0.6) is 0 Å². The molecule has 0 atom stereocenters. The van der Waals surface area contributed by atoms with Crippen LogP contribution in [0.1, 0.15) is 36.6 Å². The molecule has 4 nitrogen and oxygen atoms in total. The summed E-state index contributed by atoms with van der Waals surface area (Å²) in [6.45, 7) is 5.38. The van der Waals surface area contributed by atoms with Crippen LogP contribution in [0.15, 0.2) is 71.8 Å². The molecule has 0 unspecified atom stereocenters. The zero-order valence-corrected chi connectivity index (χ0v) is 20.9. The van der Waals surface area contributed by atoms with Gasteiger partial charge in [0.2, 0.25) is 0 Å². The third kappa shape index (κ3) is 4.74. The third-order valence-electron chi connectivity index (χ3n) is 6.44. The largest absolute Gasteiger partial charge is 0.299 e. The molecule has 5 rings (SSSR count). The molecule has 0 spiro atoms. The number of piperidine rings is 1. The van der Waals surface area contributed by atoms with E-state index in [2.05, 4.69) is 40.2 Å². The molecule has 34 heavy (non-hydrogen) atoms. The fourth-order valence-corrected chi connectivity index (χ4v) is 5.82. The number of rotatable bonds is 6. The summed E-state index contributed by atoms with van der Waals surface area (Å²) >= 11 is 7.27. The minimum atomic E-state index is -0.0425. The van der Waals surface area contributed by atoms with Crippen LogP contribution in [0.3, 0.4) is 0 Å². The number of benzene rings is 2. The Kier molecular flexibility index (Phi) is 6.95. The smallest absolute Gasteiger partial charge is 0.275 e. The van der Waals surface area contributed by atoms with Crippen LogP contribution in [-0.2, 0) is 6.54 Å². The van der Waals surface area contributed by atoms with Gasteiger partial charge in [0.1, 0.15) is 11.0 Å². The molecule has 1 saturated heterocycles. The van der Waals surface area contributed by atoms with Crippen molar-refractivity contribution in [1.29, 1.82) is 0 Å². The Morgan fingerprint density at radius 2 is 1.88 bits per heavy atom. The Hall–Kier alpha value is -2.73. The van der Waals surface area contributed by atoms with E-state index in [9.17, 15) is 4.79 Å². The molecule has 1 fully saturated rings. The summed E-state index contributed by atoms with van der Waals surface area (Å²) in [5, 5.41) is 2.32. The molecule has 2 aromatic carbocycles. The van der Waals surface area contributed by atoms with Crippen molar-refractivity contribution in [2.45, 2.75) is 32.7 Å². The molecular weight excluding hydrogens is 462 g/mol. The second kappa shape index (κ2) is 10.3. The highest BCUT2D eigenvalue weighted by molar-refractivity contribution is 7.20. The number of hydrogen-bond acceptors (Lipinski definition) is 4. The highest BCUT2D eigenvalue weighted by Gasteiger charge is 2.13. The number of likely N-dealkylation sites (tertiary alicyclic amines) is 1. The fourth-order valence-electron chi connectivity index (χ4n) is 4.64. The molecule has 1 aliphatic rings. The van der Waals surface area contributed by atoms with E-state index in [0.717, 1.165) is 33.6 Å². The molecule has 174 valence electrons. The predicted octanol–water partition coefficient (Wildman–Crippen LogP) is 6.78. The van der Waals surface area contributed by atoms with Gasteiger partial charge in [0.05, 0.1) is 11.2 Å². The minimum Gasteiger partial charge on any atom is -0.299 e. The summed E-state index contributed by atoms with van der Waals surface area (Å²) < 4.78 is 2.31. The van der Waals surface area contributed by atoms with Crippen LogP contribution in [-0.4, -0.2) is 33.4 Å². The number of allylic oxidation sites excluding steroid dienone is 4. The van der Waals surface area contributed by atoms with Gasteiger partial charge in [-0.1, -0.05) is 42.8 Å².